The van der Waals surface area contributed by atoms with Gasteiger partial charge in [0.25, 0.3) is 0 Å². The van der Waals surface area contributed by atoms with Crippen LogP contribution in [0.1, 0.15) is 74.6 Å². The summed E-state index contributed by atoms with van der Waals surface area (Å²) in [7, 11) is 0. The fourth-order valence-electron chi connectivity index (χ4n) is 6.45. The Morgan fingerprint density at radius 3 is 2.57 bits per heavy atom. The molecule has 0 fully saturated rings. The molecule has 2 heteroatoms. The molecule has 1 aliphatic heterocycles. The Kier molecular flexibility index (Phi) is 6.83. The van der Waals surface area contributed by atoms with E-state index in [1.807, 2.05) is 0 Å². The summed E-state index contributed by atoms with van der Waals surface area (Å²) in [5.74, 6) is 0. The average Bonchev–Trinajstić information content (AvgIpc) is 3.41. The quantitative estimate of drug-likeness (QED) is 0.235. The van der Waals surface area contributed by atoms with Gasteiger partial charge in [0, 0.05) is 40.5 Å². The zero-order valence-corrected chi connectivity index (χ0v) is 22.5. The Bertz CT molecular complexity index is 1590. The lowest BCUT2D eigenvalue weighted by atomic mass is 9.91. The molecule has 37 heavy (non-hydrogen) atoms. The molecule has 0 radical (unpaired) electrons. The van der Waals surface area contributed by atoms with Gasteiger partial charge >= 0.3 is 0 Å². The van der Waals surface area contributed by atoms with Crippen LogP contribution in [0, 0.1) is 0 Å². The molecule has 2 heterocycles. The number of rotatable bonds is 9. The summed E-state index contributed by atoms with van der Waals surface area (Å²) in [6, 6.07) is 13.7. The molecule has 0 spiro atoms. The first-order valence-corrected chi connectivity index (χ1v) is 14.4. The third-order valence-corrected chi connectivity index (χ3v) is 8.23. The molecule has 0 atom stereocenters. The number of nitrogens with zero attached hydrogens (tertiary/aromatic N) is 2. The van der Waals surface area contributed by atoms with Crippen LogP contribution >= 0.6 is 0 Å². The average molecular weight is 488 g/mol. The van der Waals surface area contributed by atoms with Gasteiger partial charge in [-0.1, -0.05) is 81.3 Å². The summed E-state index contributed by atoms with van der Waals surface area (Å²) in [6.45, 7) is 6.74. The number of allylic oxidation sites excluding steroid dienone is 5. The fraction of sp³-hybridized carbons (Fsp3) is 0.343. The van der Waals surface area contributed by atoms with Crippen molar-refractivity contribution in [3.05, 3.63) is 99.7 Å². The van der Waals surface area contributed by atoms with Gasteiger partial charge in [0.2, 0.25) is 11.4 Å². The molecular weight excluding hydrogens is 448 g/mol. The molecule has 0 saturated carbocycles. The standard InChI is InChI=1S/C35H39N2/c1-3-5-24-36-30(28-18-10-14-26-16-12-22-32(36)34(26)28)20-8-7-9-21-31-29-19-11-15-27-17-13-23-33(35(27)29)37(31)25-6-4-2/h7-11,14-15,18-23H,3-6,12-13,16-17,24-25H2,1-2H3/q+1. The van der Waals surface area contributed by atoms with E-state index in [-0.39, 0.29) is 0 Å². The van der Waals surface area contributed by atoms with E-state index >= 15 is 0 Å². The van der Waals surface area contributed by atoms with E-state index in [2.05, 4.69) is 102 Å². The predicted octanol–water partition coefficient (Wildman–Crippen LogP) is 6.66. The zero-order chi connectivity index (χ0) is 25.2. The maximum Gasteiger partial charge on any atom is 0.213 e. The fourth-order valence-corrected chi connectivity index (χ4v) is 6.45. The van der Waals surface area contributed by atoms with Gasteiger partial charge in [-0.2, -0.15) is 4.58 Å². The van der Waals surface area contributed by atoms with E-state index in [4.69, 9.17) is 0 Å². The van der Waals surface area contributed by atoms with Gasteiger partial charge in [-0.15, -0.1) is 0 Å². The molecule has 6 rings (SSSR count). The van der Waals surface area contributed by atoms with Crippen molar-refractivity contribution in [1.82, 2.24) is 4.57 Å². The van der Waals surface area contributed by atoms with Gasteiger partial charge in [0.05, 0.1) is 11.1 Å². The minimum Gasteiger partial charge on any atom is -0.341 e. The summed E-state index contributed by atoms with van der Waals surface area (Å²) in [5, 5.41) is 5.67. The first-order chi connectivity index (χ1) is 18.3. The SMILES string of the molecule is CCCCn1c2c3c(cccc3/c1=C/C=C/C=C/C1=[N+](CCCC)C3=CCCc4cccc1c43)CCC=2. The van der Waals surface area contributed by atoms with Crippen molar-refractivity contribution in [3.63, 3.8) is 0 Å². The van der Waals surface area contributed by atoms with Gasteiger partial charge in [0.15, 0.2) is 0 Å². The molecule has 0 saturated heterocycles. The molecule has 0 unspecified atom stereocenters. The molecule has 3 aliphatic rings. The Labute approximate surface area is 221 Å². The Hall–Kier alpha value is -3.39. The van der Waals surface area contributed by atoms with Crippen LogP contribution in [-0.2, 0) is 19.4 Å². The van der Waals surface area contributed by atoms with E-state index in [1.54, 1.807) is 0 Å². The first-order valence-electron chi connectivity index (χ1n) is 14.4. The molecule has 2 aromatic carbocycles. The smallest absolute Gasteiger partial charge is 0.213 e. The Morgan fingerprint density at radius 2 is 1.68 bits per heavy atom. The Morgan fingerprint density at radius 1 is 0.865 bits per heavy atom. The van der Waals surface area contributed by atoms with Gasteiger partial charge in [-0.25, -0.2) is 0 Å². The highest BCUT2D eigenvalue weighted by Gasteiger charge is 2.35. The van der Waals surface area contributed by atoms with E-state index in [1.165, 1.54) is 80.8 Å². The number of aromatic nitrogens is 1. The number of aryl methyl sites for hydroxylation is 2. The highest BCUT2D eigenvalue weighted by Crippen LogP contribution is 2.36. The van der Waals surface area contributed by atoms with Crippen molar-refractivity contribution in [1.29, 1.82) is 0 Å². The van der Waals surface area contributed by atoms with E-state index in [0.717, 1.165) is 38.8 Å². The molecule has 0 amide bonds. The third-order valence-electron chi connectivity index (χ3n) is 8.23. The molecular formula is C35H39N2+. The number of hydrogen-bond acceptors (Lipinski definition) is 0. The summed E-state index contributed by atoms with van der Waals surface area (Å²) in [5.41, 5.74) is 8.68. The maximum atomic E-state index is 2.56. The second-order valence-corrected chi connectivity index (χ2v) is 10.6. The molecule has 2 nitrogen and oxygen atoms in total. The first kappa shape index (κ1) is 24.0. The van der Waals surface area contributed by atoms with Crippen LogP contribution in [0.4, 0.5) is 0 Å². The number of hydrogen-bond donors (Lipinski definition) is 0. The minimum atomic E-state index is 1.09. The summed E-state index contributed by atoms with van der Waals surface area (Å²) < 4.78 is 5.13. The molecule has 0 N–H and O–H groups in total. The monoisotopic (exact) mass is 487 g/mol. The van der Waals surface area contributed by atoms with E-state index in [9.17, 15) is 0 Å². The molecule has 0 bridgehead atoms. The second-order valence-electron chi connectivity index (χ2n) is 10.6. The third kappa shape index (κ3) is 4.27. The van der Waals surface area contributed by atoms with Gasteiger partial charge in [0.1, 0.15) is 6.54 Å². The summed E-state index contributed by atoms with van der Waals surface area (Å²) in [4.78, 5) is 0. The highest BCUT2D eigenvalue weighted by molar-refractivity contribution is 6.12. The number of unbranched alkanes of at least 4 members (excludes halogenated alkanes) is 2. The lowest BCUT2D eigenvalue weighted by Crippen LogP contribution is -2.27. The largest absolute Gasteiger partial charge is 0.341 e. The van der Waals surface area contributed by atoms with Gasteiger partial charge < -0.3 is 4.57 Å². The zero-order valence-electron chi connectivity index (χ0n) is 22.5. The van der Waals surface area contributed by atoms with Crippen molar-refractivity contribution in [2.24, 2.45) is 0 Å². The lowest BCUT2D eigenvalue weighted by Gasteiger charge is -2.11. The van der Waals surface area contributed by atoms with Crippen LogP contribution in [0.2, 0.25) is 0 Å². The molecule has 2 aliphatic carbocycles. The van der Waals surface area contributed by atoms with Crippen molar-refractivity contribution in [2.75, 3.05) is 6.54 Å². The van der Waals surface area contributed by atoms with Crippen molar-refractivity contribution in [2.45, 2.75) is 71.8 Å². The van der Waals surface area contributed by atoms with Gasteiger partial charge in [-0.3, -0.25) is 0 Å². The van der Waals surface area contributed by atoms with Crippen LogP contribution in [0.25, 0.3) is 28.6 Å². The predicted molar refractivity (Wildman–Crippen MR) is 159 cm³/mol. The molecule has 3 aromatic rings. The van der Waals surface area contributed by atoms with Crippen LogP contribution in [0.5, 0.6) is 0 Å². The van der Waals surface area contributed by atoms with Gasteiger partial charge in [-0.05, 0) is 61.4 Å². The molecule has 188 valence electrons. The van der Waals surface area contributed by atoms with Crippen molar-refractivity contribution in [3.8, 4) is 0 Å². The summed E-state index contributed by atoms with van der Waals surface area (Å²) >= 11 is 0. The number of benzene rings is 2. The second kappa shape index (κ2) is 10.5. The van der Waals surface area contributed by atoms with E-state index < -0.39 is 0 Å². The highest BCUT2D eigenvalue weighted by atomic mass is 15.0. The normalized spacial score (nSPS) is 16.8. The van der Waals surface area contributed by atoms with Crippen LogP contribution in [0.3, 0.4) is 0 Å². The van der Waals surface area contributed by atoms with Crippen molar-refractivity contribution < 1.29 is 4.58 Å². The van der Waals surface area contributed by atoms with Crippen molar-refractivity contribution >= 4 is 34.3 Å². The molecule has 1 aromatic heterocycles. The topological polar surface area (TPSA) is 7.94 Å². The van der Waals surface area contributed by atoms with E-state index in [0.29, 0.717) is 0 Å². The van der Waals surface area contributed by atoms with Crippen LogP contribution in [-0.4, -0.2) is 21.4 Å². The maximum absolute atomic E-state index is 2.56. The lowest BCUT2D eigenvalue weighted by molar-refractivity contribution is -0.428. The minimum absolute atomic E-state index is 1.09. The summed E-state index contributed by atoms with van der Waals surface area (Å²) in [6.07, 6.45) is 25.7. The Balaban J connectivity index is 1.37. The van der Waals surface area contributed by atoms with Crippen LogP contribution < -0.4 is 10.7 Å². The van der Waals surface area contributed by atoms with Crippen LogP contribution in [0.15, 0.2) is 66.8 Å².